The third-order valence-corrected chi connectivity index (χ3v) is 8.91. The largest absolute Gasteiger partial charge is 0.491 e. The molecular weight excluding hydrogens is 537 g/mol. The minimum Gasteiger partial charge on any atom is -0.491 e. The van der Waals surface area contributed by atoms with Crippen LogP contribution in [-0.4, -0.2) is 31.9 Å². The van der Waals surface area contributed by atoms with Crippen LogP contribution in [0.15, 0.2) is 34.5 Å². The Morgan fingerprint density at radius 2 is 1.86 bits per heavy atom. The maximum absolute atomic E-state index is 12.6. The average Bonchev–Trinajstić information content (AvgIpc) is 3.35. The molecular formula is C26H23Cl2N3O3S2. The molecule has 10 heteroatoms. The molecule has 1 N–H and O–H groups in total. The second kappa shape index (κ2) is 9.41. The number of ether oxygens (including phenoxy) is 1. The van der Waals surface area contributed by atoms with Gasteiger partial charge in [0.15, 0.2) is 5.69 Å². The van der Waals surface area contributed by atoms with Gasteiger partial charge < -0.3 is 9.84 Å². The number of aromatic nitrogens is 3. The van der Waals surface area contributed by atoms with Gasteiger partial charge in [-0.15, -0.1) is 11.8 Å². The topological polar surface area (TPSA) is 77.2 Å². The van der Waals surface area contributed by atoms with Crippen molar-refractivity contribution in [1.82, 2.24) is 14.8 Å². The molecule has 5 rings (SSSR count). The van der Waals surface area contributed by atoms with E-state index in [1.807, 2.05) is 58.0 Å². The number of halogens is 2. The Hall–Kier alpha value is -2.52. The Morgan fingerprint density at radius 3 is 2.56 bits per heavy atom. The van der Waals surface area contributed by atoms with E-state index in [1.54, 1.807) is 11.8 Å². The Bertz CT molecular complexity index is 1530. The fourth-order valence-electron chi connectivity index (χ4n) is 4.40. The molecule has 0 radical (unpaired) electrons. The molecule has 0 aliphatic carbocycles. The molecule has 6 nitrogen and oxygen atoms in total. The third-order valence-electron chi connectivity index (χ3n) is 5.81. The van der Waals surface area contributed by atoms with Gasteiger partial charge in [-0.25, -0.2) is 9.78 Å². The second-order valence-corrected chi connectivity index (χ2v) is 12.4. The standard InChI is InChI=1S/C26H23Cl2N3O3S2/c1-11(2)34-16-7-12(3)6-15(8-16)21-13(4)30-31(23(21)24(32)33)26-29-22-18-10-20(28)19(27)9-17(18)14(5)35-25(22)36-26/h6-11,14H,1-5H3,(H,32,33). The lowest BCUT2D eigenvalue weighted by molar-refractivity contribution is 0.0687. The number of carboxylic acids is 1. The van der Waals surface area contributed by atoms with E-state index in [0.717, 1.165) is 32.2 Å². The van der Waals surface area contributed by atoms with Gasteiger partial charge in [-0.1, -0.05) is 40.6 Å². The van der Waals surface area contributed by atoms with Crippen molar-refractivity contribution in [2.75, 3.05) is 0 Å². The number of benzene rings is 2. The number of nitrogens with zero attached hydrogens (tertiary/aromatic N) is 3. The van der Waals surface area contributed by atoms with Crippen molar-refractivity contribution in [2.45, 2.75) is 50.2 Å². The lowest BCUT2D eigenvalue weighted by atomic mass is 10.0. The molecule has 36 heavy (non-hydrogen) atoms. The summed E-state index contributed by atoms with van der Waals surface area (Å²) in [5, 5.41) is 16.5. The van der Waals surface area contributed by atoms with Crippen LogP contribution in [0.25, 0.3) is 27.5 Å². The van der Waals surface area contributed by atoms with Gasteiger partial charge in [0.25, 0.3) is 0 Å². The Labute approximate surface area is 227 Å². The van der Waals surface area contributed by atoms with Crippen LogP contribution in [-0.2, 0) is 0 Å². The van der Waals surface area contributed by atoms with E-state index in [0.29, 0.717) is 32.2 Å². The number of carboxylic acid groups (broad SMARTS) is 1. The van der Waals surface area contributed by atoms with Crippen molar-refractivity contribution >= 4 is 52.3 Å². The zero-order valence-corrected chi connectivity index (χ0v) is 23.4. The Morgan fingerprint density at radius 1 is 1.14 bits per heavy atom. The van der Waals surface area contributed by atoms with E-state index < -0.39 is 5.97 Å². The van der Waals surface area contributed by atoms with E-state index >= 15 is 0 Å². The number of aryl methyl sites for hydroxylation is 2. The van der Waals surface area contributed by atoms with Crippen molar-refractivity contribution in [1.29, 1.82) is 0 Å². The fraction of sp³-hybridized carbons (Fsp3) is 0.269. The second-order valence-electron chi connectivity index (χ2n) is 8.97. The number of carbonyl (C=O) groups is 1. The average molecular weight is 561 g/mol. The molecule has 1 aliphatic heterocycles. The third kappa shape index (κ3) is 4.41. The molecule has 1 aliphatic rings. The normalized spacial score (nSPS) is 14.6. The van der Waals surface area contributed by atoms with Crippen LogP contribution < -0.4 is 4.74 Å². The van der Waals surface area contributed by atoms with Crippen LogP contribution in [0.4, 0.5) is 0 Å². The SMILES string of the molecule is Cc1cc(OC(C)C)cc(-c2c(C)nn(-c3nc4c(s3)SC(C)c3cc(Cl)c(Cl)cc3-4)c2C(=O)O)c1. The van der Waals surface area contributed by atoms with Crippen molar-refractivity contribution < 1.29 is 14.6 Å². The van der Waals surface area contributed by atoms with Crippen molar-refractivity contribution in [3.05, 3.63) is 62.9 Å². The number of thioether (sulfide) groups is 1. The number of thiazole rings is 1. The molecule has 4 aromatic rings. The number of hydrogen-bond donors (Lipinski definition) is 1. The highest BCUT2D eigenvalue weighted by atomic mass is 35.5. The zero-order valence-electron chi connectivity index (χ0n) is 20.2. The van der Waals surface area contributed by atoms with Crippen LogP contribution in [0, 0.1) is 13.8 Å². The van der Waals surface area contributed by atoms with E-state index in [4.69, 9.17) is 32.9 Å². The lowest BCUT2D eigenvalue weighted by Crippen LogP contribution is -2.09. The van der Waals surface area contributed by atoms with E-state index in [2.05, 4.69) is 12.0 Å². The molecule has 186 valence electrons. The van der Waals surface area contributed by atoms with Crippen LogP contribution in [0.5, 0.6) is 5.75 Å². The smallest absolute Gasteiger partial charge is 0.355 e. The monoisotopic (exact) mass is 559 g/mol. The predicted octanol–water partition coefficient (Wildman–Crippen LogP) is 8.24. The molecule has 3 heterocycles. The quantitative estimate of drug-likeness (QED) is 0.265. The first-order chi connectivity index (χ1) is 17.0. The van der Waals surface area contributed by atoms with Crippen LogP contribution in [0.3, 0.4) is 0 Å². The summed E-state index contributed by atoms with van der Waals surface area (Å²) in [7, 11) is 0. The molecule has 1 unspecified atom stereocenters. The van der Waals surface area contributed by atoms with Gasteiger partial charge >= 0.3 is 5.97 Å². The van der Waals surface area contributed by atoms with Gasteiger partial charge in [-0.05, 0) is 75.6 Å². The van der Waals surface area contributed by atoms with Crippen molar-refractivity contribution in [3.8, 4) is 33.3 Å². The van der Waals surface area contributed by atoms with Gasteiger partial charge in [0.1, 0.15) is 5.75 Å². The first-order valence-electron chi connectivity index (χ1n) is 11.3. The van der Waals surface area contributed by atoms with Gasteiger partial charge in [-0.3, -0.25) is 0 Å². The van der Waals surface area contributed by atoms with Gasteiger partial charge in [0.2, 0.25) is 5.13 Å². The number of rotatable bonds is 5. The highest BCUT2D eigenvalue weighted by Crippen LogP contribution is 2.53. The summed E-state index contributed by atoms with van der Waals surface area (Å²) in [6.07, 6.45) is -0.00444. The summed E-state index contributed by atoms with van der Waals surface area (Å²) >= 11 is 15.7. The summed E-state index contributed by atoms with van der Waals surface area (Å²) in [5.74, 6) is -0.395. The molecule has 0 bridgehead atoms. The highest BCUT2D eigenvalue weighted by molar-refractivity contribution is 8.01. The summed E-state index contributed by atoms with van der Waals surface area (Å²) < 4.78 is 8.32. The Balaban J connectivity index is 1.67. The fourth-order valence-corrected chi connectivity index (χ4v) is 7.27. The van der Waals surface area contributed by atoms with E-state index in [-0.39, 0.29) is 17.0 Å². The zero-order chi connectivity index (χ0) is 25.9. The minimum absolute atomic E-state index is 0.00444. The van der Waals surface area contributed by atoms with Crippen LogP contribution in [0.2, 0.25) is 10.0 Å². The Kier molecular flexibility index (Phi) is 6.57. The number of aromatic carboxylic acids is 1. The lowest BCUT2D eigenvalue weighted by Gasteiger charge is -2.21. The molecule has 0 fully saturated rings. The molecule has 0 spiro atoms. The summed E-state index contributed by atoms with van der Waals surface area (Å²) in [6, 6.07) is 9.46. The van der Waals surface area contributed by atoms with Crippen molar-refractivity contribution in [3.63, 3.8) is 0 Å². The highest BCUT2D eigenvalue weighted by Gasteiger charge is 2.31. The molecule has 0 saturated carbocycles. The number of hydrogen-bond acceptors (Lipinski definition) is 6. The summed E-state index contributed by atoms with van der Waals surface area (Å²) in [4.78, 5) is 17.4. The van der Waals surface area contributed by atoms with E-state index in [9.17, 15) is 9.90 Å². The van der Waals surface area contributed by atoms with Crippen LogP contribution >= 0.6 is 46.3 Å². The van der Waals surface area contributed by atoms with Gasteiger partial charge in [0.05, 0.1) is 31.7 Å². The summed E-state index contributed by atoms with van der Waals surface area (Å²) in [6.45, 7) is 9.78. The summed E-state index contributed by atoms with van der Waals surface area (Å²) in [5.41, 5.74) is 5.63. The first kappa shape index (κ1) is 25.1. The number of fused-ring (bicyclic) bond motifs is 3. The maximum atomic E-state index is 12.6. The van der Waals surface area contributed by atoms with Crippen LogP contribution in [0.1, 0.15) is 53.3 Å². The molecule has 0 saturated heterocycles. The van der Waals surface area contributed by atoms with E-state index in [1.165, 1.54) is 16.0 Å². The van der Waals surface area contributed by atoms with Crippen molar-refractivity contribution in [2.24, 2.45) is 0 Å². The molecule has 2 aromatic heterocycles. The maximum Gasteiger partial charge on any atom is 0.355 e. The minimum atomic E-state index is -1.08. The van der Waals surface area contributed by atoms with Gasteiger partial charge in [0, 0.05) is 16.4 Å². The molecule has 2 aromatic carbocycles. The predicted molar refractivity (Wildman–Crippen MR) is 147 cm³/mol. The molecule has 0 amide bonds. The van der Waals surface area contributed by atoms with Gasteiger partial charge in [-0.2, -0.15) is 9.78 Å². The molecule has 1 atom stereocenters. The first-order valence-corrected chi connectivity index (χ1v) is 13.8.